The number of hydrogen-bond donors (Lipinski definition) is 0. The van der Waals surface area contributed by atoms with Gasteiger partial charge in [0, 0.05) is 11.1 Å². The first-order valence-electron chi connectivity index (χ1n) is 6.78. The molecule has 0 aliphatic heterocycles. The van der Waals surface area contributed by atoms with Gasteiger partial charge in [0.1, 0.15) is 0 Å². The Bertz CT molecular complexity index is 865. The van der Waals surface area contributed by atoms with Crippen LogP contribution in [-0.4, -0.2) is 6.29 Å². The molecule has 100 valence electrons. The first-order valence-corrected chi connectivity index (χ1v) is 6.78. The van der Waals surface area contributed by atoms with Gasteiger partial charge in [-0.25, -0.2) is 0 Å². The van der Waals surface area contributed by atoms with Gasteiger partial charge in [-0.1, -0.05) is 53.9 Å². The van der Waals surface area contributed by atoms with Crippen LogP contribution in [0, 0.1) is 19.3 Å². The standard InChI is InChI=1S/C20H14O/c1-3-15-8-9-18-12-17(10-11-19(18)20(15)13-21)16-6-4-14(2)5-7-16/h1,4-13H,2H3. The molecule has 0 N–H and O–H groups in total. The summed E-state index contributed by atoms with van der Waals surface area (Å²) in [5.41, 5.74) is 4.76. The smallest absolute Gasteiger partial charge is 0.151 e. The summed E-state index contributed by atoms with van der Waals surface area (Å²) < 4.78 is 0. The Morgan fingerprint density at radius 1 is 0.952 bits per heavy atom. The fourth-order valence-corrected chi connectivity index (χ4v) is 2.53. The average molecular weight is 270 g/mol. The molecule has 0 atom stereocenters. The van der Waals surface area contributed by atoms with Gasteiger partial charge in [0.05, 0.1) is 0 Å². The van der Waals surface area contributed by atoms with E-state index in [0.717, 1.165) is 28.2 Å². The molecule has 0 aromatic heterocycles. The molecule has 0 spiro atoms. The largest absolute Gasteiger partial charge is 0.298 e. The van der Waals surface area contributed by atoms with E-state index < -0.39 is 0 Å². The van der Waals surface area contributed by atoms with Gasteiger partial charge in [0.2, 0.25) is 0 Å². The number of aldehydes is 1. The Hall–Kier alpha value is -2.85. The second kappa shape index (κ2) is 5.26. The lowest BCUT2D eigenvalue weighted by Gasteiger charge is -2.07. The van der Waals surface area contributed by atoms with Crippen molar-refractivity contribution < 1.29 is 4.79 Å². The summed E-state index contributed by atoms with van der Waals surface area (Å²) >= 11 is 0. The van der Waals surface area contributed by atoms with Crippen molar-refractivity contribution in [2.75, 3.05) is 0 Å². The maximum atomic E-state index is 11.3. The SMILES string of the molecule is C#Cc1ccc2cc(-c3ccc(C)cc3)ccc2c1C=O. The predicted octanol–water partition coefficient (Wildman–Crippen LogP) is 4.61. The van der Waals surface area contributed by atoms with Gasteiger partial charge in [-0.05, 0) is 41.0 Å². The molecule has 3 aromatic carbocycles. The second-order valence-electron chi connectivity index (χ2n) is 5.09. The molecule has 0 fully saturated rings. The quantitative estimate of drug-likeness (QED) is 0.491. The fraction of sp³-hybridized carbons (Fsp3) is 0.0500. The van der Waals surface area contributed by atoms with Crippen LogP contribution in [0.4, 0.5) is 0 Å². The van der Waals surface area contributed by atoms with Crippen molar-refractivity contribution in [3.8, 4) is 23.5 Å². The van der Waals surface area contributed by atoms with Gasteiger partial charge < -0.3 is 0 Å². The van der Waals surface area contributed by atoms with E-state index in [0.29, 0.717) is 11.1 Å². The van der Waals surface area contributed by atoms with Gasteiger partial charge in [0.25, 0.3) is 0 Å². The molecular weight excluding hydrogens is 256 g/mol. The highest BCUT2D eigenvalue weighted by molar-refractivity contribution is 6.01. The van der Waals surface area contributed by atoms with Crippen LogP contribution in [-0.2, 0) is 0 Å². The summed E-state index contributed by atoms with van der Waals surface area (Å²) in [6.45, 7) is 2.07. The van der Waals surface area contributed by atoms with Crippen molar-refractivity contribution in [1.82, 2.24) is 0 Å². The summed E-state index contributed by atoms with van der Waals surface area (Å²) in [5.74, 6) is 2.56. The minimum atomic E-state index is 0.588. The molecule has 0 saturated heterocycles. The van der Waals surface area contributed by atoms with Crippen molar-refractivity contribution in [3.63, 3.8) is 0 Å². The molecule has 1 heteroatoms. The second-order valence-corrected chi connectivity index (χ2v) is 5.09. The molecule has 0 aliphatic carbocycles. The van der Waals surface area contributed by atoms with Gasteiger partial charge in [-0.15, -0.1) is 6.42 Å². The first kappa shape index (κ1) is 13.1. The molecule has 0 bridgehead atoms. The Kier molecular flexibility index (Phi) is 3.30. The van der Waals surface area contributed by atoms with Crippen LogP contribution in [0.25, 0.3) is 21.9 Å². The van der Waals surface area contributed by atoms with Crippen molar-refractivity contribution in [1.29, 1.82) is 0 Å². The van der Waals surface area contributed by atoms with Crippen LogP contribution in [0.1, 0.15) is 21.5 Å². The number of terminal acetylenes is 1. The average Bonchev–Trinajstić information content (AvgIpc) is 2.53. The molecule has 0 saturated carbocycles. The molecule has 1 nitrogen and oxygen atoms in total. The number of fused-ring (bicyclic) bond motifs is 1. The summed E-state index contributed by atoms with van der Waals surface area (Å²) in [6.07, 6.45) is 6.28. The van der Waals surface area contributed by atoms with E-state index >= 15 is 0 Å². The molecule has 21 heavy (non-hydrogen) atoms. The topological polar surface area (TPSA) is 17.1 Å². The van der Waals surface area contributed by atoms with Crippen molar-refractivity contribution in [2.45, 2.75) is 6.92 Å². The third-order valence-corrected chi connectivity index (χ3v) is 3.72. The first-order chi connectivity index (χ1) is 10.2. The number of rotatable bonds is 2. The normalized spacial score (nSPS) is 10.3. The fourth-order valence-electron chi connectivity index (χ4n) is 2.53. The Morgan fingerprint density at radius 2 is 1.67 bits per heavy atom. The van der Waals surface area contributed by atoms with Crippen LogP contribution in [0.5, 0.6) is 0 Å². The Morgan fingerprint density at radius 3 is 2.33 bits per heavy atom. The number of hydrogen-bond acceptors (Lipinski definition) is 1. The number of benzene rings is 3. The zero-order valence-corrected chi connectivity index (χ0v) is 11.8. The van der Waals surface area contributed by atoms with E-state index in [1.165, 1.54) is 5.56 Å². The van der Waals surface area contributed by atoms with E-state index in [-0.39, 0.29) is 0 Å². The summed E-state index contributed by atoms with van der Waals surface area (Å²) in [5, 5.41) is 1.92. The van der Waals surface area contributed by atoms with Gasteiger partial charge in [0.15, 0.2) is 6.29 Å². The van der Waals surface area contributed by atoms with Crippen LogP contribution in [0.2, 0.25) is 0 Å². The third-order valence-electron chi connectivity index (χ3n) is 3.72. The van der Waals surface area contributed by atoms with Crippen LogP contribution >= 0.6 is 0 Å². The molecule has 3 aromatic rings. The molecule has 0 heterocycles. The van der Waals surface area contributed by atoms with Crippen LogP contribution in [0.15, 0.2) is 54.6 Å². The minimum absolute atomic E-state index is 0.588. The lowest BCUT2D eigenvalue weighted by molar-refractivity contribution is 0.112. The Balaban J connectivity index is 2.20. The van der Waals surface area contributed by atoms with E-state index in [1.807, 2.05) is 24.3 Å². The summed E-state index contributed by atoms with van der Waals surface area (Å²) in [7, 11) is 0. The molecular formula is C20H14O. The Labute approximate surface area is 124 Å². The lowest BCUT2D eigenvalue weighted by Crippen LogP contribution is -1.90. The lowest BCUT2D eigenvalue weighted by atomic mass is 9.96. The van der Waals surface area contributed by atoms with E-state index in [9.17, 15) is 4.79 Å². The molecule has 3 rings (SSSR count). The molecule has 0 amide bonds. The maximum absolute atomic E-state index is 11.3. The van der Waals surface area contributed by atoms with Gasteiger partial charge in [-0.2, -0.15) is 0 Å². The minimum Gasteiger partial charge on any atom is -0.298 e. The van der Waals surface area contributed by atoms with Crippen molar-refractivity contribution in [3.05, 3.63) is 71.3 Å². The molecule has 0 aliphatic rings. The van der Waals surface area contributed by atoms with Gasteiger partial charge in [-0.3, -0.25) is 4.79 Å². The highest BCUT2D eigenvalue weighted by Crippen LogP contribution is 2.27. The van der Waals surface area contributed by atoms with E-state index in [4.69, 9.17) is 6.42 Å². The zero-order valence-electron chi connectivity index (χ0n) is 11.8. The highest BCUT2D eigenvalue weighted by atomic mass is 16.1. The number of carbonyl (C=O) groups excluding carboxylic acids is 1. The molecule has 0 radical (unpaired) electrons. The third kappa shape index (κ3) is 2.32. The van der Waals surface area contributed by atoms with Gasteiger partial charge >= 0.3 is 0 Å². The highest BCUT2D eigenvalue weighted by Gasteiger charge is 2.07. The van der Waals surface area contributed by atoms with E-state index in [2.05, 4.69) is 43.2 Å². The number of aryl methyl sites for hydroxylation is 1. The maximum Gasteiger partial charge on any atom is 0.151 e. The monoisotopic (exact) mass is 270 g/mol. The van der Waals surface area contributed by atoms with Crippen molar-refractivity contribution in [2.24, 2.45) is 0 Å². The van der Waals surface area contributed by atoms with E-state index in [1.54, 1.807) is 0 Å². The number of carbonyl (C=O) groups is 1. The summed E-state index contributed by atoms with van der Waals surface area (Å²) in [6, 6.07) is 18.3. The summed E-state index contributed by atoms with van der Waals surface area (Å²) in [4.78, 5) is 11.3. The van der Waals surface area contributed by atoms with Crippen LogP contribution in [0.3, 0.4) is 0 Å². The van der Waals surface area contributed by atoms with Crippen LogP contribution < -0.4 is 0 Å². The van der Waals surface area contributed by atoms with Crippen molar-refractivity contribution >= 4 is 17.1 Å². The zero-order chi connectivity index (χ0) is 14.8. The molecule has 0 unspecified atom stereocenters. The predicted molar refractivity (Wildman–Crippen MR) is 87.4 cm³/mol.